The Hall–Kier alpha value is -1.06. The topological polar surface area (TPSA) is 43.7 Å². The molecule has 0 spiro atoms. The lowest BCUT2D eigenvalue weighted by Gasteiger charge is -2.27. The molecular weight excluding hydrogens is 202 g/mol. The van der Waals surface area contributed by atoms with E-state index in [0.717, 1.165) is 5.69 Å². The lowest BCUT2D eigenvalue weighted by Crippen LogP contribution is -2.37. The number of aliphatic hydroxyl groups excluding tert-OH is 2. The highest BCUT2D eigenvalue weighted by atomic mass is 16.3. The zero-order valence-corrected chi connectivity index (χ0v) is 10.2. The second-order valence-electron chi connectivity index (χ2n) is 4.38. The van der Waals surface area contributed by atoms with Gasteiger partial charge in [-0.05, 0) is 23.6 Å². The van der Waals surface area contributed by atoms with Crippen molar-refractivity contribution in [1.82, 2.24) is 0 Å². The van der Waals surface area contributed by atoms with Crippen LogP contribution in [0.2, 0.25) is 0 Å². The first-order valence-electron chi connectivity index (χ1n) is 5.64. The molecular formula is C13H21NO2. The minimum absolute atomic E-state index is 0.0427. The maximum absolute atomic E-state index is 9.10. The summed E-state index contributed by atoms with van der Waals surface area (Å²) in [4.78, 5) is 1.89. The zero-order valence-electron chi connectivity index (χ0n) is 10.2. The average Bonchev–Trinajstić information content (AvgIpc) is 2.30. The van der Waals surface area contributed by atoms with E-state index in [1.807, 2.05) is 24.1 Å². The molecule has 0 aliphatic heterocycles. The first kappa shape index (κ1) is 13.0. The Morgan fingerprint density at radius 3 is 1.94 bits per heavy atom. The normalized spacial score (nSPS) is 11.2. The number of rotatable bonds is 5. The summed E-state index contributed by atoms with van der Waals surface area (Å²) in [7, 11) is 1.88. The molecule has 3 heteroatoms. The number of hydrogen-bond acceptors (Lipinski definition) is 3. The van der Waals surface area contributed by atoms with Gasteiger partial charge in [0, 0.05) is 12.7 Å². The molecule has 1 aromatic carbocycles. The van der Waals surface area contributed by atoms with Gasteiger partial charge in [-0.25, -0.2) is 0 Å². The molecule has 3 nitrogen and oxygen atoms in total. The van der Waals surface area contributed by atoms with Crippen LogP contribution in [0.25, 0.3) is 0 Å². The lowest BCUT2D eigenvalue weighted by atomic mass is 10.0. The van der Waals surface area contributed by atoms with E-state index in [-0.39, 0.29) is 19.3 Å². The summed E-state index contributed by atoms with van der Waals surface area (Å²) in [5.74, 6) is 0.519. The summed E-state index contributed by atoms with van der Waals surface area (Å²) in [5.41, 5.74) is 2.30. The van der Waals surface area contributed by atoms with Crippen LogP contribution < -0.4 is 4.90 Å². The second-order valence-corrected chi connectivity index (χ2v) is 4.38. The fourth-order valence-corrected chi connectivity index (χ4v) is 1.61. The maximum atomic E-state index is 9.10. The van der Waals surface area contributed by atoms with Gasteiger partial charge >= 0.3 is 0 Å². The number of aliphatic hydroxyl groups is 2. The zero-order chi connectivity index (χ0) is 12.1. The van der Waals surface area contributed by atoms with Crippen molar-refractivity contribution < 1.29 is 10.2 Å². The van der Waals surface area contributed by atoms with E-state index < -0.39 is 0 Å². The smallest absolute Gasteiger partial charge is 0.0748 e. The highest BCUT2D eigenvalue weighted by Gasteiger charge is 2.12. The fourth-order valence-electron chi connectivity index (χ4n) is 1.61. The average molecular weight is 223 g/mol. The standard InChI is InChI=1S/C13H21NO2/c1-10(2)11-4-6-12(7-5-11)14(3)13(8-15)9-16/h4-7,10,13,15-16H,8-9H2,1-3H3. The first-order chi connectivity index (χ1) is 7.60. The van der Waals surface area contributed by atoms with E-state index in [4.69, 9.17) is 10.2 Å². The molecule has 0 bridgehead atoms. The Morgan fingerprint density at radius 1 is 1.06 bits per heavy atom. The van der Waals surface area contributed by atoms with Crippen molar-refractivity contribution in [3.05, 3.63) is 29.8 Å². The first-order valence-corrected chi connectivity index (χ1v) is 5.64. The molecule has 0 aromatic heterocycles. The van der Waals surface area contributed by atoms with E-state index in [0.29, 0.717) is 5.92 Å². The second kappa shape index (κ2) is 5.87. The Labute approximate surface area is 97.3 Å². The SMILES string of the molecule is CC(C)c1ccc(N(C)C(CO)CO)cc1. The van der Waals surface area contributed by atoms with Crippen molar-refractivity contribution in [2.45, 2.75) is 25.8 Å². The van der Waals surface area contributed by atoms with Crippen LogP contribution in [-0.4, -0.2) is 36.5 Å². The van der Waals surface area contributed by atoms with Gasteiger partial charge in [-0.1, -0.05) is 26.0 Å². The molecule has 0 atom stereocenters. The Kier molecular flexibility index (Phi) is 4.77. The van der Waals surface area contributed by atoms with Gasteiger partial charge in [0.1, 0.15) is 0 Å². The van der Waals surface area contributed by atoms with Crippen LogP contribution in [-0.2, 0) is 0 Å². The fraction of sp³-hybridized carbons (Fsp3) is 0.538. The molecule has 1 aromatic rings. The van der Waals surface area contributed by atoms with E-state index in [1.54, 1.807) is 0 Å². The number of benzene rings is 1. The maximum Gasteiger partial charge on any atom is 0.0748 e. The van der Waals surface area contributed by atoms with Crippen LogP contribution in [0, 0.1) is 0 Å². The van der Waals surface area contributed by atoms with Crippen molar-refractivity contribution in [1.29, 1.82) is 0 Å². The molecule has 0 amide bonds. The summed E-state index contributed by atoms with van der Waals surface area (Å²) in [6, 6.07) is 7.98. The highest BCUT2D eigenvalue weighted by molar-refractivity contribution is 5.48. The number of nitrogens with zero attached hydrogens (tertiary/aromatic N) is 1. The monoisotopic (exact) mass is 223 g/mol. The number of hydrogen-bond donors (Lipinski definition) is 2. The van der Waals surface area contributed by atoms with Crippen molar-refractivity contribution in [2.24, 2.45) is 0 Å². The molecule has 0 unspecified atom stereocenters. The third-order valence-corrected chi connectivity index (χ3v) is 2.94. The Balaban J connectivity index is 2.80. The van der Waals surface area contributed by atoms with Crippen LogP contribution in [0.15, 0.2) is 24.3 Å². The number of anilines is 1. The van der Waals surface area contributed by atoms with Crippen molar-refractivity contribution >= 4 is 5.69 Å². The predicted molar refractivity (Wildman–Crippen MR) is 66.9 cm³/mol. The van der Waals surface area contributed by atoms with E-state index in [9.17, 15) is 0 Å². The molecule has 0 fully saturated rings. The van der Waals surface area contributed by atoms with Gasteiger partial charge in [0.05, 0.1) is 19.3 Å². The van der Waals surface area contributed by atoms with E-state index in [2.05, 4.69) is 26.0 Å². The molecule has 0 heterocycles. The van der Waals surface area contributed by atoms with Crippen LogP contribution in [0.1, 0.15) is 25.3 Å². The van der Waals surface area contributed by atoms with Gasteiger partial charge in [0.2, 0.25) is 0 Å². The van der Waals surface area contributed by atoms with E-state index >= 15 is 0 Å². The summed E-state index contributed by atoms with van der Waals surface area (Å²) in [6.45, 7) is 4.23. The Bertz CT molecular complexity index is 304. The van der Waals surface area contributed by atoms with Crippen molar-refractivity contribution in [2.75, 3.05) is 25.2 Å². The summed E-state index contributed by atoms with van der Waals surface area (Å²) in [6.07, 6.45) is 0. The summed E-state index contributed by atoms with van der Waals surface area (Å²) < 4.78 is 0. The molecule has 0 radical (unpaired) electrons. The molecule has 1 rings (SSSR count). The van der Waals surface area contributed by atoms with Gasteiger partial charge in [0.15, 0.2) is 0 Å². The minimum atomic E-state index is -0.232. The lowest BCUT2D eigenvalue weighted by molar-refractivity contribution is 0.191. The highest BCUT2D eigenvalue weighted by Crippen LogP contribution is 2.20. The van der Waals surface area contributed by atoms with E-state index in [1.165, 1.54) is 5.56 Å². The van der Waals surface area contributed by atoms with Crippen LogP contribution >= 0.6 is 0 Å². The van der Waals surface area contributed by atoms with Gasteiger partial charge in [-0.15, -0.1) is 0 Å². The summed E-state index contributed by atoms with van der Waals surface area (Å²) >= 11 is 0. The van der Waals surface area contributed by atoms with Gasteiger partial charge in [-0.3, -0.25) is 0 Å². The van der Waals surface area contributed by atoms with Crippen molar-refractivity contribution in [3.8, 4) is 0 Å². The summed E-state index contributed by atoms with van der Waals surface area (Å²) in [5, 5.41) is 18.2. The molecule has 0 aliphatic rings. The quantitative estimate of drug-likeness (QED) is 0.797. The molecule has 0 saturated carbocycles. The van der Waals surface area contributed by atoms with Gasteiger partial charge < -0.3 is 15.1 Å². The molecule has 16 heavy (non-hydrogen) atoms. The third-order valence-electron chi connectivity index (χ3n) is 2.94. The molecule has 0 aliphatic carbocycles. The Morgan fingerprint density at radius 2 is 1.56 bits per heavy atom. The van der Waals surface area contributed by atoms with Crippen molar-refractivity contribution in [3.63, 3.8) is 0 Å². The third kappa shape index (κ3) is 2.97. The number of likely N-dealkylation sites (N-methyl/N-ethyl adjacent to an activating group) is 1. The van der Waals surface area contributed by atoms with Crippen LogP contribution in [0.4, 0.5) is 5.69 Å². The largest absolute Gasteiger partial charge is 0.394 e. The minimum Gasteiger partial charge on any atom is -0.394 e. The van der Waals surface area contributed by atoms with Crippen LogP contribution in [0.3, 0.4) is 0 Å². The predicted octanol–water partition coefficient (Wildman–Crippen LogP) is 1.60. The molecule has 0 saturated heterocycles. The van der Waals surface area contributed by atoms with Gasteiger partial charge in [-0.2, -0.15) is 0 Å². The molecule has 90 valence electrons. The molecule has 2 N–H and O–H groups in total. The van der Waals surface area contributed by atoms with Gasteiger partial charge in [0.25, 0.3) is 0 Å². The van der Waals surface area contributed by atoms with Crippen LogP contribution in [0.5, 0.6) is 0 Å².